The van der Waals surface area contributed by atoms with Gasteiger partial charge in [0, 0.05) is 42.7 Å². The second kappa shape index (κ2) is 6.48. The summed E-state index contributed by atoms with van der Waals surface area (Å²) in [4.78, 5) is 4.22. The van der Waals surface area contributed by atoms with Crippen molar-refractivity contribution in [1.29, 1.82) is 0 Å². The van der Waals surface area contributed by atoms with Crippen LogP contribution < -0.4 is 4.57 Å². The van der Waals surface area contributed by atoms with Gasteiger partial charge in [0.15, 0.2) is 0 Å². The van der Waals surface area contributed by atoms with E-state index in [1.807, 2.05) is 49.0 Å². The lowest BCUT2D eigenvalue weighted by atomic mass is 9.97. The molecule has 4 aromatic rings. The van der Waals surface area contributed by atoms with Crippen molar-refractivity contribution in [1.82, 2.24) is 9.55 Å². The number of hydrogen-bond acceptors (Lipinski definition) is 1. The van der Waals surface area contributed by atoms with E-state index < -0.39 is 11.7 Å². The molecule has 4 rings (SSSR count). The first-order valence-corrected chi connectivity index (χ1v) is 8.87. The molecule has 0 N–H and O–H groups in total. The average molecular weight is 382 g/mol. The number of aryl methyl sites for hydroxylation is 2. The minimum Gasteiger partial charge on any atom is -0.349 e. The Morgan fingerprint density at radius 1 is 1.04 bits per heavy atom. The van der Waals surface area contributed by atoms with Gasteiger partial charge in [-0.05, 0) is 24.4 Å². The van der Waals surface area contributed by atoms with E-state index >= 15 is 0 Å². The SMILES string of the molecule is Cc1c(-c2c3ccccc3cn2C)cc(C(F)(F)F)cc1-[n+]1cccnc1C. The molecule has 0 aliphatic rings. The van der Waals surface area contributed by atoms with E-state index in [1.54, 1.807) is 30.0 Å². The van der Waals surface area contributed by atoms with Crippen molar-refractivity contribution in [2.24, 2.45) is 7.05 Å². The van der Waals surface area contributed by atoms with Gasteiger partial charge in [-0.2, -0.15) is 13.2 Å². The lowest BCUT2D eigenvalue weighted by molar-refractivity contribution is -0.606. The average Bonchev–Trinajstić information content (AvgIpc) is 2.97. The first-order valence-electron chi connectivity index (χ1n) is 8.87. The van der Waals surface area contributed by atoms with Gasteiger partial charge in [0.1, 0.15) is 18.1 Å². The van der Waals surface area contributed by atoms with Crippen LogP contribution in [0.25, 0.3) is 27.7 Å². The highest BCUT2D eigenvalue weighted by Gasteiger charge is 2.33. The predicted molar refractivity (Wildman–Crippen MR) is 102 cm³/mol. The van der Waals surface area contributed by atoms with E-state index in [9.17, 15) is 13.2 Å². The van der Waals surface area contributed by atoms with Gasteiger partial charge < -0.3 is 4.57 Å². The Morgan fingerprint density at radius 3 is 2.50 bits per heavy atom. The topological polar surface area (TPSA) is 21.7 Å². The lowest BCUT2D eigenvalue weighted by Crippen LogP contribution is -2.36. The van der Waals surface area contributed by atoms with Gasteiger partial charge in [-0.3, -0.25) is 0 Å². The van der Waals surface area contributed by atoms with Gasteiger partial charge in [-0.15, -0.1) is 0 Å². The molecule has 0 amide bonds. The van der Waals surface area contributed by atoms with Crippen LogP contribution in [0.5, 0.6) is 0 Å². The third-order valence-electron chi connectivity index (χ3n) is 5.05. The van der Waals surface area contributed by atoms with Crippen LogP contribution in [0.4, 0.5) is 13.2 Å². The molecule has 28 heavy (non-hydrogen) atoms. The molecule has 2 aromatic carbocycles. The molecule has 0 saturated heterocycles. The molecule has 6 heteroatoms. The van der Waals surface area contributed by atoms with Crippen molar-refractivity contribution < 1.29 is 17.7 Å². The summed E-state index contributed by atoms with van der Waals surface area (Å²) in [7, 11) is 1.86. The number of aromatic nitrogens is 3. The Labute approximate surface area is 160 Å². The zero-order chi connectivity index (χ0) is 20.1. The summed E-state index contributed by atoms with van der Waals surface area (Å²) in [6, 6.07) is 11.9. The molecular weight excluding hydrogens is 363 g/mol. The summed E-state index contributed by atoms with van der Waals surface area (Å²) in [5.41, 5.74) is 1.89. The van der Waals surface area contributed by atoms with Crippen LogP contribution in [0, 0.1) is 13.8 Å². The molecule has 0 fully saturated rings. The molecular formula is C22H19F3N3+. The molecule has 142 valence electrons. The maximum absolute atomic E-state index is 13.7. The fraction of sp³-hybridized carbons (Fsp3) is 0.182. The van der Waals surface area contributed by atoms with Gasteiger partial charge in [0.25, 0.3) is 5.82 Å². The van der Waals surface area contributed by atoms with Crippen LogP contribution >= 0.6 is 0 Å². The molecule has 0 bridgehead atoms. The quantitative estimate of drug-likeness (QED) is 0.439. The number of benzene rings is 2. The van der Waals surface area contributed by atoms with Crippen molar-refractivity contribution in [3.8, 4) is 16.9 Å². The van der Waals surface area contributed by atoms with Crippen LogP contribution in [0.2, 0.25) is 0 Å². The van der Waals surface area contributed by atoms with Crippen molar-refractivity contribution in [2.45, 2.75) is 20.0 Å². The van der Waals surface area contributed by atoms with Crippen molar-refractivity contribution in [3.05, 3.63) is 78.0 Å². The van der Waals surface area contributed by atoms with Crippen LogP contribution in [0.15, 0.2) is 61.1 Å². The predicted octanol–water partition coefficient (Wildman–Crippen LogP) is 5.15. The maximum atomic E-state index is 13.7. The molecule has 0 radical (unpaired) electrons. The first kappa shape index (κ1) is 18.2. The lowest BCUT2D eigenvalue weighted by Gasteiger charge is -2.16. The Balaban J connectivity index is 2.09. The van der Waals surface area contributed by atoms with Crippen molar-refractivity contribution in [3.63, 3.8) is 0 Å². The Hall–Kier alpha value is -3.15. The summed E-state index contributed by atoms with van der Waals surface area (Å²) >= 11 is 0. The Bertz CT molecular complexity index is 1190. The molecule has 3 nitrogen and oxygen atoms in total. The van der Waals surface area contributed by atoms with Gasteiger partial charge in [-0.1, -0.05) is 29.2 Å². The van der Waals surface area contributed by atoms with Crippen molar-refractivity contribution >= 4 is 10.8 Å². The minimum atomic E-state index is -4.45. The Morgan fingerprint density at radius 2 is 1.79 bits per heavy atom. The number of nitrogens with zero attached hydrogens (tertiary/aromatic N) is 3. The third-order valence-corrected chi connectivity index (χ3v) is 5.05. The van der Waals surface area contributed by atoms with Gasteiger partial charge in [0.05, 0.1) is 11.3 Å². The van der Waals surface area contributed by atoms with Crippen LogP contribution in [-0.2, 0) is 13.2 Å². The highest BCUT2D eigenvalue weighted by molar-refractivity contribution is 5.97. The molecule has 0 atom stereocenters. The molecule has 0 aliphatic carbocycles. The van der Waals surface area contributed by atoms with Crippen LogP contribution in [0.1, 0.15) is 17.0 Å². The molecule has 2 heterocycles. The fourth-order valence-electron chi connectivity index (χ4n) is 3.68. The molecule has 2 aromatic heterocycles. The number of hydrogen-bond donors (Lipinski definition) is 0. The standard InChI is InChI=1S/C22H19F3N3/c1-14-19(21-18-8-5-4-7-16(18)13-27(21)3)11-17(22(23,24)25)12-20(14)28-10-6-9-26-15(28)2/h4-13H,1-3H3/q+1. The summed E-state index contributed by atoms with van der Waals surface area (Å²) in [5, 5.41) is 1.91. The number of fused-ring (bicyclic) bond motifs is 1. The number of alkyl halides is 3. The third kappa shape index (κ3) is 2.95. The van der Waals surface area contributed by atoms with E-state index in [0.717, 1.165) is 22.0 Å². The van der Waals surface area contributed by atoms with Gasteiger partial charge in [0.2, 0.25) is 0 Å². The van der Waals surface area contributed by atoms with Crippen molar-refractivity contribution in [2.75, 3.05) is 0 Å². The first-order chi connectivity index (χ1) is 13.3. The van der Waals surface area contributed by atoms with E-state index in [2.05, 4.69) is 4.98 Å². The molecule has 0 aliphatic heterocycles. The molecule has 0 saturated carbocycles. The molecule has 0 unspecified atom stereocenters. The minimum absolute atomic E-state index is 0.473. The highest BCUT2D eigenvalue weighted by atomic mass is 19.4. The van der Waals surface area contributed by atoms with E-state index in [1.165, 1.54) is 12.1 Å². The van der Waals surface area contributed by atoms with Crippen LogP contribution in [0.3, 0.4) is 0 Å². The van der Waals surface area contributed by atoms with Crippen LogP contribution in [-0.4, -0.2) is 9.55 Å². The highest BCUT2D eigenvalue weighted by Crippen LogP contribution is 2.38. The smallest absolute Gasteiger partial charge is 0.349 e. The summed E-state index contributed by atoms with van der Waals surface area (Å²) < 4.78 is 44.7. The zero-order valence-electron chi connectivity index (χ0n) is 15.7. The van der Waals surface area contributed by atoms with E-state index in [0.29, 0.717) is 17.1 Å². The summed E-state index contributed by atoms with van der Waals surface area (Å²) in [6.45, 7) is 3.63. The van der Waals surface area contributed by atoms with Gasteiger partial charge >= 0.3 is 6.18 Å². The van der Waals surface area contributed by atoms with E-state index in [4.69, 9.17) is 0 Å². The largest absolute Gasteiger partial charge is 0.416 e. The fourth-order valence-corrected chi connectivity index (χ4v) is 3.68. The normalized spacial score (nSPS) is 11.9. The maximum Gasteiger partial charge on any atom is 0.416 e. The monoisotopic (exact) mass is 382 g/mol. The summed E-state index contributed by atoms with van der Waals surface area (Å²) in [6.07, 6.45) is 0.847. The number of halogens is 3. The van der Waals surface area contributed by atoms with Gasteiger partial charge in [-0.25, -0.2) is 4.57 Å². The summed E-state index contributed by atoms with van der Waals surface area (Å²) in [5.74, 6) is 0.618. The Kier molecular flexibility index (Phi) is 4.22. The second-order valence-electron chi connectivity index (χ2n) is 6.88. The number of rotatable bonds is 2. The zero-order valence-corrected chi connectivity index (χ0v) is 15.7. The van der Waals surface area contributed by atoms with E-state index in [-0.39, 0.29) is 0 Å². The molecule has 0 spiro atoms. The second-order valence-corrected chi connectivity index (χ2v) is 6.88.